The van der Waals surface area contributed by atoms with Crippen molar-refractivity contribution >= 4 is 11.6 Å². The van der Waals surface area contributed by atoms with E-state index in [2.05, 4.69) is 20.0 Å². The first-order valence-corrected chi connectivity index (χ1v) is 3.57. The van der Waals surface area contributed by atoms with E-state index in [1.165, 1.54) is 11.6 Å². The number of carbonyl (C=O) groups excluding carboxylic acids is 1. The minimum absolute atomic E-state index is 0.0816. The largest absolute Gasteiger partial charge is 0.463 e. The molecule has 0 radical (unpaired) electrons. The Hall–Kier alpha value is -1.98. The summed E-state index contributed by atoms with van der Waals surface area (Å²) in [5.74, 6) is -0.468. The lowest BCUT2D eigenvalue weighted by molar-refractivity contribution is 0.0583. The number of nitrogens with zero attached hydrogens (tertiary/aromatic N) is 4. The van der Waals surface area contributed by atoms with E-state index in [-0.39, 0.29) is 5.82 Å². The molecule has 2 aromatic heterocycles. The molecule has 0 bridgehead atoms. The van der Waals surface area contributed by atoms with Crippen molar-refractivity contribution in [1.82, 2.24) is 19.8 Å². The van der Waals surface area contributed by atoms with Crippen LogP contribution in [0.3, 0.4) is 0 Å². The molecule has 6 heteroatoms. The van der Waals surface area contributed by atoms with Crippen molar-refractivity contribution in [2.45, 2.75) is 0 Å². The molecule has 2 heterocycles. The highest BCUT2D eigenvalue weighted by Gasteiger charge is 2.14. The molecule has 0 aromatic carbocycles. The number of fused-ring (bicyclic) bond motifs is 1. The molecule has 6 nitrogen and oxygen atoms in total. The summed E-state index contributed by atoms with van der Waals surface area (Å²) >= 11 is 0. The predicted molar refractivity (Wildman–Crippen MR) is 42.1 cm³/mol. The maximum atomic E-state index is 11.1. The third-order valence-electron chi connectivity index (χ3n) is 1.55. The number of hydrogen-bond donors (Lipinski definition) is 0. The molecule has 0 N–H and O–H groups in total. The Kier molecular flexibility index (Phi) is 1.66. The van der Waals surface area contributed by atoms with Gasteiger partial charge >= 0.3 is 5.97 Å². The smallest absolute Gasteiger partial charge is 0.378 e. The van der Waals surface area contributed by atoms with Crippen LogP contribution < -0.4 is 0 Å². The maximum absolute atomic E-state index is 11.1. The molecular weight excluding hydrogens is 172 g/mol. The number of carbonyl (C=O) groups is 1. The average molecular weight is 178 g/mol. The van der Waals surface area contributed by atoms with E-state index < -0.39 is 5.97 Å². The van der Waals surface area contributed by atoms with E-state index in [9.17, 15) is 4.79 Å². The van der Waals surface area contributed by atoms with Gasteiger partial charge in [0, 0.05) is 6.20 Å². The third kappa shape index (κ3) is 1.12. The van der Waals surface area contributed by atoms with Crippen LogP contribution in [0.25, 0.3) is 5.65 Å². The standard InChI is InChI=1S/C7H6N4O2/c1-13-7(12)6-10-9-5-3-2-4-8-11(5)6/h2-4H,1H3. The average Bonchev–Trinajstić information content (AvgIpc) is 2.60. The van der Waals surface area contributed by atoms with Crippen molar-refractivity contribution < 1.29 is 9.53 Å². The van der Waals surface area contributed by atoms with Crippen molar-refractivity contribution in [2.75, 3.05) is 7.11 Å². The molecule has 0 atom stereocenters. The summed E-state index contributed by atoms with van der Waals surface area (Å²) in [6.45, 7) is 0. The first kappa shape index (κ1) is 7.66. The summed E-state index contributed by atoms with van der Waals surface area (Å²) in [6, 6.07) is 3.41. The molecule has 0 amide bonds. The topological polar surface area (TPSA) is 69.4 Å². The van der Waals surface area contributed by atoms with Crippen LogP contribution in [0.4, 0.5) is 0 Å². The predicted octanol–water partition coefficient (Wildman–Crippen LogP) is -0.0891. The second-order valence-corrected chi connectivity index (χ2v) is 2.31. The Bertz CT molecular complexity index is 450. The number of ether oxygens (including phenoxy) is 1. The zero-order valence-electron chi connectivity index (χ0n) is 6.84. The lowest BCUT2D eigenvalue weighted by atomic mass is 10.5. The molecular formula is C7H6N4O2. The zero-order chi connectivity index (χ0) is 9.26. The van der Waals surface area contributed by atoms with Crippen molar-refractivity contribution in [2.24, 2.45) is 0 Å². The molecule has 0 aliphatic carbocycles. The SMILES string of the molecule is COC(=O)c1nnc2cccnn12. The van der Waals surface area contributed by atoms with Gasteiger partial charge in [-0.05, 0) is 12.1 Å². The van der Waals surface area contributed by atoms with Gasteiger partial charge in [0.25, 0.3) is 5.82 Å². The van der Waals surface area contributed by atoms with Crippen LogP contribution in [0.1, 0.15) is 10.6 Å². The van der Waals surface area contributed by atoms with Crippen LogP contribution in [0.5, 0.6) is 0 Å². The first-order valence-electron chi connectivity index (χ1n) is 3.57. The Labute approximate surface area is 73.2 Å². The Morgan fingerprint density at radius 2 is 2.38 bits per heavy atom. The fourth-order valence-corrected chi connectivity index (χ4v) is 0.962. The molecule has 0 aliphatic heterocycles. The van der Waals surface area contributed by atoms with Crippen molar-refractivity contribution in [3.63, 3.8) is 0 Å². The number of rotatable bonds is 1. The minimum Gasteiger partial charge on any atom is -0.463 e. The van der Waals surface area contributed by atoms with Gasteiger partial charge in [0.1, 0.15) is 0 Å². The highest BCUT2D eigenvalue weighted by Crippen LogP contribution is 2.00. The summed E-state index contributed by atoms with van der Waals surface area (Å²) < 4.78 is 5.83. The lowest BCUT2D eigenvalue weighted by Crippen LogP contribution is -2.08. The van der Waals surface area contributed by atoms with Gasteiger partial charge in [-0.3, -0.25) is 0 Å². The summed E-state index contributed by atoms with van der Waals surface area (Å²) in [5, 5.41) is 11.3. The maximum Gasteiger partial charge on any atom is 0.378 e. The Morgan fingerprint density at radius 1 is 1.54 bits per heavy atom. The second-order valence-electron chi connectivity index (χ2n) is 2.31. The first-order chi connectivity index (χ1) is 6.33. The van der Waals surface area contributed by atoms with Crippen LogP contribution in [-0.4, -0.2) is 32.9 Å². The monoisotopic (exact) mass is 178 g/mol. The lowest BCUT2D eigenvalue weighted by Gasteiger charge is -1.94. The number of esters is 1. The highest BCUT2D eigenvalue weighted by atomic mass is 16.5. The normalized spacial score (nSPS) is 10.2. The van der Waals surface area contributed by atoms with Crippen LogP contribution in [0, 0.1) is 0 Å². The van der Waals surface area contributed by atoms with Crippen LogP contribution in [0.15, 0.2) is 18.3 Å². The van der Waals surface area contributed by atoms with Crippen molar-refractivity contribution in [3.8, 4) is 0 Å². The summed E-state index contributed by atoms with van der Waals surface area (Å²) in [7, 11) is 1.28. The van der Waals surface area contributed by atoms with Gasteiger partial charge in [-0.15, -0.1) is 10.2 Å². The molecule has 2 aromatic rings. The Balaban J connectivity index is 2.64. The number of methoxy groups -OCH3 is 1. The van der Waals surface area contributed by atoms with Gasteiger partial charge in [0.2, 0.25) is 0 Å². The molecule has 2 rings (SSSR count). The quantitative estimate of drug-likeness (QED) is 0.571. The molecule has 0 unspecified atom stereocenters. The summed E-state index contributed by atoms with van der Waals surface area (Å²) in [4.78, 5) is 11.1. The molecule has 0 fully saturated rings. The van der Waals surface area contributed by atoms with Crippen LogP contribution >= 0.6 is 0 Å². The fourth-order valence-electron chi connectivity index (χ4n) is 0.962. The molecule has 66 valence electrons. The third-order valence-corrected chi connectivity index (χ3v) is 1.55. The minimum atomic E-state index is -0.550. The van der Waals surface area contributed by atoms with Crippen molar-refractivity contribution in [3.05, 3.63) is 24.2 Å². The van der Waals surface area contributed by atoms with Gasteiger partial charge in [0.15, 0.2) is 5.65 Å². The zero-order valence-corrected chi connectivity index (χ0v) is 6.84. The molecule has 0 saturated carbocycles. The van der Waals surface area contributed by atoms with E-state index in [0.29, 0.717) is 5.65 Å². The molecule has 0 aliphatic rings. The molecule has 0 spiro atoms. The van der Waals surface area contributed by atoms with E-state index in [1.54, 1.807) is 18.3 Å². The summed E-state index contributed by atoms with van der Waals surface area (Å²) in [6.07, 6.45) is 1.54. The molecule has 13 heavy (non-hydrogen) atoms. The van der Waals surface area contributed by atoms with E-state index in [0.717, 1.165) is 0 Å². The van der Waals surface area contributed by atoms with Gasteiger partial charge in [-0.2, -0.15) is 9.61 Å². The van der Waals surface area contributed by atoms with Crippen LogP contribution in [0.2, 0.25) is 0 Å². The number of hydrogen-bond acceptors (Lipinski definition) is 5. The Morgan fingerprint density at radius 3 is 3.15 bits per heavy atom. The van der Waals surface area contributed by atoms with E-state index in [4.69, 9.17) is 0 Å². The van der Waals surface area contributed by atoms with Gasteiger partial charge in [-0.25, -0.2) is 4.79 Å². The van der Waals surface area contributed by atoms with Crippen LogP contribution in [-0.2, 0) is 4.74 Å². The van der Waals surface area contributed by atoms with E-state index >= 15 is 0 Å². The van der Waals surface area contributed by atoms with Gasteiger partial charge in [0.05, 0.1) is 7.11 Å². The number of aromatic nitrogens is 4. The molecule has 0 saturated heterocycles. The van der Waals surface area contributed by atoms with E-state index in [1.807, 2.05) is 0 Å². The highest BCUT2D eigenvalue weighted by molar-refractivity contribution is 5.85. The van der Waals surface area contributed by atoms with Gasteiger partial charge < -0.3 is 4.74 Å². The second kappa shape index (κ2) is 2.81. The fraction of sp³-hybridized carbons (Fsp3) is 0.143. The van der Waals surface area contributed by atoms with Gasteiger partial charge in [-0.1, -0.05) is 0 Å². The summed E-state index contributed by atoms with van der Waals surface area (Å²) in [5.41, 5.74) is 0.517. The van der Waals surface area contributed by atoms with Crippen molar-refractivity contribution in [1.29, 1.82) is 0 Å².